The fourth-order valence-electron chi connectivity index (χ4n) is 5.40. The first-order valence-electron chi connectivity index (χ1n) is 12.9. The number of hydrogen-bond acceptors (Lipinski definition) is 5. The van der Waals surface area contributed by atoms with Crippen LogP contribution in [-0.2, 0) is 10.9 Å². The van der Waals surface area contributed by atoms with Crippen LogP contribution in [0.15, 0.2) is 41.8 Å². The Morgan fingerprint density at radius 3 is 2.59 bits per heavy atom. The molecule has 6 rings (SSSR count). The van der Waals surface area contributed by atoms with Crippen molar-refractivity contribution in [1.82, 2.24) is 14.9 Å². The van der Waals surface area contributed by atoms with Gasteiger partial charge in [-0.05, 0) is 50.4 Å². The molecule has 1 unspecified atom stereocenters. The number of nitrogens with one attached hydrogen (secondary N) is 1. The zero-order valence-electron chi connectivity index (χ0n) is 20.7. The van der Waals surface area contributed by atoms with Crippen LogP contribution in [-0.4, -0.2) is 42.0 Å². The third-order valence-electron chi connectivity index (χ3n) is 7.64. The maximum atomic E-state index is 13.5. The quantitative estimate of drug-likeness (QED) is 0.374. The molecule has 1 saturated heterocycles. The van der Waals surface area contributed by atoms with Gasteiger partial charge in [0.05, 0.1) is 24.4 Å². The standard InChI is InChI=1S/C28H30F3N3O2S/c1-32-18-7-5-17(6-8-18)26-25(27-33-24(16-37-27)28(29,30)31)22-10-9-21(36-20-11-13-35-14-12-20)15-23(22)34(26)19-3-2-4-19/h5-7,9-10,15-16,18-20,32H,2-4,8,11-14H2,1H3. The van der Waals surface area contributed by atoms with Crippen LogP contribution in [0.25, 0.3) is 27.0 Å². The number of benzene rings is 1. The van der Waals surface area contributed by atoms with Gasteiger partial charge in [-0.15, -0.1) is 11.3 Å². The van der Waals surface area contributed by atoms with Crippen molar-refractivity contribution in [3.05, 3.63) is 53.2 Å². The lowest BCUT2D eigenvalue weighted by molar-refractivity contribution is -0.140. The number of allylic oxidation sites excluding steroid dienone is 2. The van der Waals surface area contributed by atoms with Crippen molar-refractivity contribution < 1.29 is 22.6 Å². The minimum absolute atomic E-state index is 0.105. The molecule has 5 nitrogen and oxygen atoms in total. The number of halogens is 3. The summed E-state index contributed by atoms with van der Waals surface area (Å²) in [5.41, 5.74) is 2.91. The Morgan fingerprint density at radius 1 is 1.16 bits per heavy atom. The molecule has 1 aliphatic heterocycles. The molecule has 0 spiro atoms. The summed E-state index contributed by atoms with van der Waals surface area (Å²) in [5.74, 6) is 0.786. The van der Waals surface area contributed by atoms with Crippen molar-refractivity contribution >= 4 is 27.8 Å². The Labute approximate surface area is 218 Å². The van der Waals surface area contributed by atoms with Gasteiger partial charge in [-0.1, -0.05) is 18.2 Å². The Balaban J connectivity index is 1.53. The average Bonchev–Trinajstić information content (AvgIpc) is 3.47. The fourth-order valence-corrected chi connectivity index (χ4v) is 6.29. The Kier molecular flexibility index (Phi) is 6.63. The topological polar surface area (TPSA) is 48.3 Å². The second-order valence-electron chi connectivity index (χ2n) is 9.97. The summed E-state index contributed by atoms with van der Waals surface area (Å²) in [6, 6.07) is 6.54. The van der Waals surface area contributed by atoms with Crippen LogP contribution in [0.2, 0.25) is 0 Å². The van der Waals surface area contributed by atoms with Crippen LogP contribution in [0.3, 0.4) is 0 Å². The SMILES string of the molecule is CNC1C=CC(c2c(-c3nc(C(F)(F)F)cs3)c3ccc(OC4CCOCC4)cc3n2C2CCC2)=CC1. The van der Waals surface area contributed by atoms with Crippen LogP contribution in [0.1, 0.15) is 56.0 Å². The predicted octanol–water partition coefficient (Wildman–Crippen LogP) is 7.00. The van der Waals surface area contributed by atoms with Gasteiger partial charge < -0.3 is 19.4 Å². The Hall–Kier alpha value is -2.62. The van der Waals surface area contributed by atoms with Crippen molar-refractivity contribution in [2.75, 3.05) is 20.3 Å². The molecule has 196 valence electrons. The minimum Gasteiger partial charge on any atom is -0.490 e. The first-order chi connectivity index (χ1) is 17.9. The van der Waals surface area contributed by atoms with Crippen LogP contribution >= 0.6 is 11.3 Å². The van der Waals surface area contributed by atoms with Gasteiger partial charge in [0.25, 0.3) is 0 Å². The van der Waals surface area contributed by atoms with E-state index < -0.39 is 11.9 Å². The van der Waals surface area contributed by atoms with Crippen LogP contribution in [0.4, 0.5) is 13.2 Å². The summed E-state index contributed by atoms with van der Waals surface area (Å²) in [4.78, 5) is 4.09. The third-order valence-corrected chi connectivity index (χ3v) is 8.50. The molecular formula is C28H30F3N3O2S. The van der Waals surface area contributed by atoms with Crippen molar-refractivity contribution in [2.24, 2.45) is 0 Å². The second kappa shape index (κ2) is 9.93. The zero-order valence-corrected chi connectivity index (χ0v) is 21.5. The van der Waals surface area contributed by atoms with Gasteiger partial charge in [0.15, 0.2) is 5.69 Å². The molecule has 9 heteroatoms. The number of ether oxygens (including phenoxy) is 2. The molecule has 2 aliphatic carbocycles. The third kappa shape index (κ3) is 4.73. The first kappa shape index (κ1) is 24.7. The highest BCUT2D eigenvalue weighted by Crippen LogP contribution is 2.47. The van der Waals surface area contributed by atoms with Gasteiger partial charge in [-0.3, -0.25) is 0 Å². The molecule has 3 aliphatic rings. The van der Waals surface area contributed by atoms with Gasteiger partial charge in [0.2, 0.25) is 0 Å². The molecule has 0 radical (unpaired) electrons. The summed E-state index contributed by atoms with van der Waals surface area (Å²) < 4.78 is 54.7. The van der Waals surface area contributed by atoms with Gasteiger partial charge in [0.1, 0.15) is 16.9 Å². The lowest BCUT2D eigenvalue weighted by Crippen LogP contribution is -2.25. The van der Waals surface area contributed by atoms with Gasteiger partial charge in [-0.2, -0.15) is 13.2 Å². The van der Waals surface area contributed by atoms with E-state index in [0.717, 1.165) is 88.7 Å². The summed E-state index contributed by atoms with van der Waals surface area (Å²) in [5, 5.41) is 5.71. The van der Waals surface area contributed by atoms with Crippen molar-refractivity contribution in [3.8, 4) is 16.3 Å². The lowest BCUT2D eigenvalue weighted by atomic mass is 9.91. The molecule has 0 bridgehead atoms. The number of nitrogens with zero attached hydrogens (tertiary/aromatic N) is 2. The maximum absolute atomic E-state index is 13.5. The van der Waals surface area contributed by atoms with Crippen LogP contribution in [0, 0.1) is 0 Å². The van der Waals surface area contributed by atoms with Crippen molar-refractivity contribution in [3.63, 3.8) is 0 Å². The Bertz CT molecular complexity index is 1350. The fraction of sp³-hybridized carbons (Fsp3) is 0.464. The summed E-state index contributed by atoms with van der Waals surface area (Å²) in [7, 11) is 1.93. The maximum Gasteiger partial charge on any atom is 0.434 e. The van der Waals surface area contributed by atoms with Crippen molar-refractivity contribution in [2.45, 2.75) is 62.9 Å². The number of fused-ring (bicyclic) bond motifs is 1. The number of likely N-dealkylation sites (N-methyl/N-ethyl adjacent to an activating group) is 1. The number of alkyl halides is 3. The van der Waals surface area contributed by atoms with Crippen LogP contribution in [0.5, 0.6) is 5.75 Å². The highest BCUT2D eigenvalue weighted by molar-refractivity contribution is 7.13. The van der Waals surface area contributed by atoms with Gasteiger partial charge in [0, 0.05) is 47.3 Å². The highest BCUT2D eigenvalue weighted by Gasteiger charge is 2.36. The van der Waals surface area contributed by atoms with E-state index in [0.29, 0.717) is 24.3 Å². The molecule has 1 N–H and O–H groups in total. The highest BCUT2D eigenvalue weighted by atomic mass is 32.1. The minimum atomic E-state index is -4.48. The number of thiazole rings is 1. The number of rotatable bonds is 6. The molecule has 2 aromatic heterocycles. The van der Waals surface area contributed by atoms with E-state index >= 15 is 0 Å². The van der Waals surface area contributed by atoms with E-state index in [1.54, 1.807) is 0 Å². The first-order valence-corrected chi connectivity index (χ1v) is 13.8. The van der Waals surface area contributed by atoms with E-state index in [1.807, 2.05) is 19.2 Å². The zero-order chi connectivity index (χ0) is 25.6. The predicted molar refractivity (Wildman–Crippen MR) is 140 cm³/mol. The number of hydrogen-bond donors (Lipinski definition) is 1. The van der Waals surface area contributed by atoms with Crippen molar-refractivity contribution in [1.29, 1.82) is 0 Å². The van der Waals surface area contributed by atoms with E-state index in [2.05, 4.69) is 39.2 Å². The van der Waals surface area contributed by atoms with E-state index in [1.165, 1.54) is 0 Å². The molecule has 3 aromatic rings. The molecule has 2 fully saturated rings. The molecule has 1 aromatic carbocycles. The van der Waals surface area contributed by atoms with E-state index in [9.17, 15) is 13.2 Å². The average molecular weight is 530 g/mol. The Morgan fingerprint density at radius 2 is 1.97 bits per heavy atom. The van der Waals surface area contributed by atoms with Crippen LogP contribution < -0.4 is 10.1 Å². The molecule has 37 heavy (non-hydrogen) atoms. The van der Waals surface area contributed by atoms with E-state index in [4.69, 9.17) is 9.47 Å². The summed E-state index contributed by atoms with van der Waals surface area (Å²) >= 11 is 1.06. The van der Waals surface area contributed by atoms with Gasteiger partial charge >= 0.3 is 6.18 Å². The summed E-state index contributed by atoms with van der Waals surface area (Å²) in [6.07, 6.45) is 7.78. The molecule has 0 amide bonds. The lowest BCUT2D eigenvalue weighted by Gasteiger charge is -2.31. The summed E-state index contributed by atoms with van der Waals surface area (Å²) in [6.45, 7) is 1.39. The largest absolute Gasteiger partial charge is 0.490 e. The molecule has 1 saturated carbocycles. The molecule has 1 atom stereocenters. The smallest absolute Gasteiger partial charge is 0.434 e. The number of aromatic nitrogens is 2. The normalized spacial score (nSPS) is 21.3. The second-order valence-corrected chi connectivity index (χ2v) is 10.8. The molecular weight excluding hydrogens is 499 g/mol. The van der Waals surface area contributed by atoms with Gasteiger partial charge in [-0.25, -0.2) is 4.98 Å². The van der Waals surface area contributed by atoms with E-state index in [-0.39, 0.29) is 12.1 Å². The molecule has 3 heterocycles. The monoisotopic (exact) mass is 529 g/mol.